The van der Waals surface area contributed by atoms with Gasteiger partial charge in [0.15, 0.2) is 12.1 Å². The van der Waals surface area contributed by atoms with Gasteiger partial charge in [0.1, 0.15) is 0 Å². The van der Waals surface area contributed by atoms with Crippen molar-refractivity contribution in [3.63, 3.8) is 0 Å². The zero-order valence-electron chi connectivity index (χ0n) is 26.1. The van der Waals surface area contributed by atoms with Crippen molar-refractivity contribution >= 4 is 7.12 Å². The molecule has 7 rings (SSSR count). The van der Waals surface area contributed by atoms with Crippen molar-refractivity contribution in [2.75, 3.05) is 0 Å². The van der Waals surface area contributed by atoms with Gasteiger partial charge >= 0.3 is 26.6 Å². The Kier molecular flexibility index (Phi) is 9.93. The number of benzene rings is 3. The molecule has 0 bridgehead atoms. The summed E-state index contributed by atoms with van der Waals surface area (Å²) in [6, 6.07) is 41.6. The Balaban J connectivity index is 0.000000406. The molecule has 0 fully saturated rings. The smallest absolute Gasteiger partial charge is 0.822 e. The number of hydrogen-bond acceptors (Lipinski definition) is 5. The Morgan fingerprint density at radius 1 is 0.522 bits per heavy atom. The molecule has 0 amide bonds. The van der Waals surface area contributed by atoms with Gasteiger partial charge in [-0.3, -0.25) is 0 Å². The van der Waals surface area contributed by atoms with E-state index in [1.165, 1.54) is 24.4 Å². The molecule has 3 aromatic carbocycles. The minimum atomic E-state index is -1.55. The van der Waals surface area contributed by atoms with E-state index in [9.17, 15) is 10.3 Å². The summed E-state index contributed by atoms with van der Waals surface area (Å²) in [7, 11) is -1.55. The molecule has 224 valence electrons. The number of pyridine rings is 1. The standard InChI is InChI=1S/C30H28BN6.C5H5NO2.Zn/c1-22-19-28(25-13-7-4-8-14-25)32-35(22)31(36-23(2)20-29(33-36)26-15-9-5-10-16-26)37-24(3)21-30(34-37)27-17-11-6-12-18-27;7-5-3-1-2-4-6(5)8;/h4-21,31H,1-3H3;1-4,7H;/q-1;;+2/p-1. The van der Waals surface area contributed by atoms with Crippen LogP contribution < -0.4 is 9.84 Å². The quantitative estimate of drug-likeness (QED) is 0.138. The molecular formula is C35H32BN7O2Zn. The summed E-state index contributed by atoms with van der Waals surface area (Å²) in [6.07, 6.45) is 1.17. The first-order chi connectivity index (χ1) is 21.9. The summed E-state index contributed by atoms with van der Waals surface area (Å²) < 4.78 is 6.59. The second kappa shape index (κ2) is 14.2. The average Bonchev–Trinajstić information content (AvgIpc) is 3.77. The summed E-state index contributed by atoms with van der Waals surface area (Å²) >= 11 is 0. The predicted molar refractivity (Wildman–Crippen MR) is 175 cm³/mol. The summed E-state index contributed by atoms with van der Waals surface area (Å²) in [6.45, 7) is 6.31. The molecular weight excluding hydrogens is 627 g/mol. The van der Waals surface area contributed by atoms with E-state index in [1.54, 1.807) is 0 Å². The van der Waals surface area contributed by atoms with Crippen LogP contribution in [0.4, 0.5) is 0 Å². The summed E-state index contributed by atoms with van der Waals surface area (Å²) in [5, 5.41) is 35.8. The van der Waals surface area contributed by atoms with Crippen LogP contribution in [-0.2, 0) is 19.5 Å². The monoisotopic (exact) mass is 657 g/mol. The number of nitrogens with zero attached hydrogens (tertiary/aromatic N) is 7. The zero-order valence-corrected chi connectivity index (χ0v) is 29.0. The van der Waals surface area contributed by atoms with Crippen molar-refractivity contribution in [1.82, 2.24) is 29.1 Å². The molecule has 0 N–H and O–H groups in total. The minimum Gasteiger partial charge on any atom is -0.822 e. The summed E-state index contributed by atoms with van der Waals surface area (Å²) in [5.74, 6) is -0.521. The van der Waals surface area contributed by atoms with Crippen molar-refractivity contribution in [3.8, 4) is 39.7 Å². The van der Waals surface area contributed by atoms with Gasteiger partial charge in [-0.1, -0.05) is 97.1 Å². The fourth-order valence-electron chi connectivity index (χ4n) is 5.43. The first-order valence-corrected chi connectivity index (χ1v) is 14.8. The van der Waals surface area contributed by atoms with Gasteiger partial charge in [-0.25, -0.2) is 15.3 Å². The van der Waals surface area contributed by atoms with E-state index in [1.807, 2.05) is 54.6 Å². The topological polar surface area (TPSA) is 103 Å². The van der Waals surface area contributed by atoms with Crippen LogP contribution in [0.3, 0.4) is 0 Å². The molecule has 9 nitrogen and oxygen atoms in total. The van der Waals surface area contributed by atoms with Gasteiger partial charge in [0.2, 0.25) is 0 Å². The van der Waals surface area contributed by atoms with Crippen molar-refractivity contribution in [2.24, 2.45) is 0 Å². The predicted octanol–water partition coefficient (Wildman–Crippen LogP) is 5.26. The van der Waals surface area contributed by atoms with Crippen LogP contribution in [0.1, 0.15) is 17.1 Å². The molecule has 0 saturated carbocycles. The maximum atomic E-state index is 10.3. The minimum absolute atomic E-state index is 0. The summed E-state index contributed by atoms with van der Waals surface area (Å²) in [4.78, 5) is 0. The Morgan fingerprint density at radius 3 is 1.13 bits per heavy atom. The van der Waals surface area contributed by atoms with Crippen molar-refractivity contribution in [3.05, 3.63) is 156 Å². The van der Waals surface area contributed by atoms with Crippen molar-refractivity contribution < 1.29 is 29.3 Å². The molecule has 0 aliphatic heterocycles. The van der Waals surface area contributed by atoms with Gasteiger partial charge in [0.05, 0.1) is 17.1 Å². The van der Waals surface area contributed by atoms with Crippen molar-refractivity contribution in [2.45, 2.75) is 20.8 Å². The molecule has 0 aliphatic carbocycles. The average molecular weight is 659 g/mol. The van der Waals surface area contributed by atoms with Crippen LogP contribution >= 0.6 is 0 Å². The van der Waals surface area contributed by atoms with E-state index in [0.29, 0.717) is 0 Å². The Hall–Kier alpha value is -5.27. The number of aryl methyl sites for hydroxylation is 3. The molecule has 46 heavy (non-hydrogen) atoms. The van der Waals surface area contributed by atoms with E-state index in [2.05, 4.69) is 89.1 Å². The molecule has 0 spiro atoms. The first-order valence-electron chi connectivity index (χ1n) is 14.8. The molecule has 0 saturated heterocycles. The maximum Gasteiger partial charge on any atom is 2.00 e. The third-order valence-corrected chi connectivity index (χ3v) is 7.74. The van der Waals surface area contributed by atoms with Crippen molar-refractivity contribution in [1.29, 1.82) is 0 Å². The molecule has 4 heterocycles. The van der Waals surface area contributed by atoms with Crippen LogP contribution in [-0.4, -0.2) is 36.2 Å². The molecule has 0 radical (unpaired) electrons. The number of hydrogen-bond donors (Lipinski definition) is 0. The van der Waals surface area contributed by atoms with Crippen LogP contribution in [0.25, 0.3) is 33.8 Å². The van der Waals surface area contributed by atoms with Gasteiger partial charge in [-0.05, 0) is 62.1 Å². The zero-order chi connectivity index (χ0) is 31.3. The largest absolute Gasteiger partial charge is 2.00 e. The SMILES string of the molecule is Cc1cc(-c2ccccc2)nn1[BH-](n1nc(-c2ccccc2)cc1C)n1nc(-c2ccccc2)cc1C.[O-]c1cccc[n+]1[O-].[Zn+2]. The van der Waals surface area contributed by atoms with Gasteiger partial charge in [-0.2, -0.15) is 4.73 Å². The molecule has 11 heteroatoms. The molecule has 0 unspecified atom stereocenters. The first kappa shape index (κ1) is 32.1. The van der Waals surface area contributed by atoms with E-state index < -0.39 is 13.0 Å². The third-order valence-electron chi connectivity index (χ3n) is 7.74. The molecule has 0 aliphatic rings. The second-order valence-electron chi connectivity index (χ2n) is 10.9. The number of rotatable bonds is 6. The third kappa shape index (κ3) is 6.85. The van der Waals surface area contributed by atoms with E-state index >= 15 is 0 Å². The Morgan fingerprint density at radius 2 is 0.848 bits per heavy atom. The van der Waals surface area contributed by atoms with Crippen LogP contribution in [0.2, 0.25) is 0 Å². The Labute approximate surface area is 280 Å². The fraction of sp³-hybridized carbons (Fsp3) is 0.0857. The maximum absolute atomic E-state index is 10.3. The molecule has 0 atom stereocenters. The second-order valence-corrected chi connectivity index (χ2v) is 10.9. The van der Waals surface area contributed by atoms with Crippen LogP contribution in [0.5, 0.6) is 5.88 Å². The van der Waals surface area contributed by atoms with Crippen LogP contribution in [0, 0.1) is 26.0 Å². The normalized spacial score (nSPS) is 10.7. The van der Waals surface area contributed by atoms with Gasteiger partial charge < -0.3 is 24.1 Å². The summed E-state index contributed by atoms with van der Waals surface area (Å²) in [5.41, 5.74) is 9.28. The fourth-order valence-corrected chi connectivity index (χ4v) is 5.43. The van der Waals surface area contributed by atoms with Gasteiger partial charge in [0, 0.05) is 22.8 Å². The number of aromatic nitrogens is 7. The Bertz CT molecular complexity index is 1810. The molecule has 4 aromatic heterocycles. The van der Waals surface area contributed by atoms with E-state index in [0.717, 1.165) is 50.9 Å². The van der Waals surface area contributed by atoms with Crippen LogP contribution in [0.15, 0.2) is 134 Å². The van der Waals surface area contributed by atoms with Gasteiger partial charge in [0.25, 0.3) is 0 Å². The van der Waals surface area contributed by atoms with Gasteiger partial charge in [-0.15, -0.1) is 0 Å². The van der Waals surface area contributed by atoms with E-state index in [4.69, 9.17) is 15.3 Å². The van der Waals surface area contributed by atoms with E-state index in [-0.39, 0.29) is 24.2 Å². The molecule has 7 aromatic rings.